The highest BCUT2D eigenvalue weighted by atomic mass is 31.2. The van der Waals surface area contributed by atoms with E-state index in [1.807, 2.05) is 21.1 Å². The maximum absolute atomic E-state index is 12.8. The third-order valence-electron chi connectivity index (χ3n) is 14.5. The zero-order chi connectivity index (χ0) is 60.5. The van der Waals surface area contributed by atoms with Crippen LogP contribution in [0.5, 0.6) is 0 Å². The van der Waals surface area contributed by atoms with Crippen molar-refractivity contribution in [3.8, 4) is 0 Å². The first-order valence-corrected chi connectivity index (χ1v) is 35.6. The Hall–Kier alpha value is -3.33. The van der Waals surface area contributed by atoms with Gasteiger partial charge >= 0.3 is 11.9 Å². The Morgan fingerprint density at radius 2 is 0.687 bits per heavy atom. The molecular weight excluding hydrogens is 1050 g/mol. The summed E-state index contributed by atoms with van der Waals surface area (Å²) in [6.07, 6.45) is 88.8. The molecule has 0 amide bonds. The molecule has 0 aliphatic rings. The van der Waals surface area contributed by atoms with E-state index in [2.05, 4.69) is 123 Å². The van der Waals surface area contributed by atoms with E-state index in [4.69, 9.17) is 18.5 Å². The second-order valence-corrected chi connectivity index (χ2v) is 25.2. The highest BCUT2D eigenvalue weighted by molar-refractivity contribution is 7.45. The Morgan fingerprint density at radius 1 is 0.386 bits per heavy atom. The van der Waals surface area contributed by atoms with Crippen LogP contribution in [0, 0.1) is 0 Å². The minimum atomic E-state index is -4.64. The van der Waals surface area contributed by atoms with E-state index in [0.29, 0.717) is 17.4 Å². The molecule has 0 saturated heterocycles. The summed E-state index contributed by atoms with van der Waals surface area (Å²) in [7, 11) is 1.16. The van der Waals surface area contributed by atoms with Crippen LogP contribution in [0.4, 0.5) is 0 Å². The fourth-order valence-electron chi connectivity index (χ4n) is 9.32. The minimum Gasteiger partial charge on any atom is -0.756 e. The number of hydrogen-bond acceptors (Lipinski definition) is 8. The lowest BCUT2D eigenvalue weighted by atomic mass is 10.0. The van der Waals surface area contributed by atoms with E-state index in [1.54, 1.807) is 0 Å². The topological polar surface area (TPSA) is 111 Å². The summed E-state index contributed by atoms with van der Waals surface area (Å²) >= 11 is 0. The number of nitrogens with zero attached hydrogens (tertiary/aromatic N) is 1. The normalized spacial score (nSPS) is 13.9. The first-order valence-electron chi connectivity index (χ1n) is 34.1. The average molecular weight is 1180 g/mol. The third kappa shape index (κ3) is 67.7. The SMILES string of the molecule is CC/C=C\C/C=C\C/C=C\C/C=C\C/C=C\C/C=C\C/C=C\C/C=C\CCCCCCCCCCCCCCCCCCC(=O)OC(COC(=O)CCCCCCCCC/C=C\CCCCCCCCC)COP(=O)([O-])OCC[N+](C)(C)C. The lowest BCUT2D eigenvalue weighted by molar-refractivity contribution is -0.870. The predicted molar refractivity (Wildman–Crippen MR) is 355 cm³/mol. The first kappa shape index (κ1) is 79.7. The number of quaternary nitrogens is 1. The Kier molecular flexibility index (Phi) is 60.6. The van der Waals surface area contributed by atoms with Gasteiger partial charge in [0.25, 0.3) is 7.82 Å². The van der Waals surface area contributed by atoms with Gasteiger partial charge in [-0.25, -0.2) is 0 Å². The van der Waals surface area contributed by atoms with E-state index in [0.717, 1.165) is 103 Å². The molecule has 0 aromatic rings. The van der Waals surface area contributed by atoms with Crippen LogP contribution in [0.25, 0.3) is 0 Å². The molecule has 0 radical (unpaired) electrons. The van der Waals surface area contributed by atoms with Gasteiger partial charge in [-0.15, -0.1) is 0 Å². The highest BCUT2D eigenvalue weighted by Crippen LogP contribution is 2.38. The number of likely N-dealkylation sites (N-methyl/N-ethyl adjacent to an activating group) is 1. The standard InChI is InChI=1S/C73H128NO8P/c1-6-8-10-12-14-16-18-20-22-24-26-27-28-29-30-31-32-33-34-35-36-37-38-39-40-41-42-43-44-45-46-47-48-50-52-54-56-58-60-62-64-66-73(76)82-71(70-81-83(77,78)80-68-67-74(3,4)5)69-79-72(75)65-63-61-59-57-55-53-51-49-25-23-21-19-17-15-13-11-9-7-2/h8,10,14,16,20,22-23,25-27,29-30,32-33,35-36,38-39,71H,6-7,9,11-13,15,17-19,21,24,28,31,34,37,40-70H2,1-5H3/b10-8-,16-14-,22-20-,25-23-,27-26-,30-29-,33-32-,36-35-,39-38-. The van der Waals surface area contributed by atoms with Gasteiger partial charge in [0.05, 0.1) is 27.7 Å². The fourth-order valence-corrected chi connectivity index (χ4v) is 10.0. The summed E-state index contributed by atoms with van der Waals surface area (Å²) in [6, 6.07) is 0. The van der Waals surface area contributed by atoms with E-state index in [-0.39, 0.29) is 32.0 Å². The predicted octanol–water partition coefficient (Wildman–Crippen LogP) is 21.5. The molecule has 0 N–H and O–H groups in total. The zero-order valence-electron chi connectivity index (χ0n) is 54.4. The van der Waals surface area contributed by atoms with Crippen molar-refractivity contribution < 1.29 is 42.1 Å². The van der Waals surface area contributed by atoms with Gasteiger partial charge in [-0.05, 0) is 103 Å². The molecule has 0 aliphatic heterocycles. The molecule has 2 unspecified atom stereocenters. The van der Waals surface area contributed by atoms with Crippen LogP contribution in [-0.2, 0) is 32.7 Å². The lowest BCUT2D eigenvalue weighted by Gasteiger charge is -2.28. The number of unbranched alkanes of at least 4 members (excludes halogenated alkanes) is 30. The number of carbonyl (C=O) groups excluding carboxylic acids is 2. The first-order chi connectivity index (χ1) is 40.5. The molecule has 478 valence electrons. The fraction of sp³-hybridized carbons (Fsp3) is 0.726. The number of carbonyl (C=O) groups is 2. The molecule has 0 aromatic carbocycles. The van der Waals surface area contributed by atoms with Crippen LogP contribution in [0.1, 0.15) is 290 Å². The third-order valence-corrected chi connectivity index (χ3v) is 15.5. The minimum absolute atomic E-state index is 0.0337. The van der Waals surface area contributed by atoms with E-state index in [9.17, 15) is 19.0 Å². The largest absolute Gasteiger partial charge is 0.756 e. The van der Waals surface area contributed by atoms with Crippen LogP contribution in [-0.4, -0.2) is 70.0 Å². The van der Waals surface area contributed by atoms with Gasteiger partial charge < -0.3 is 27.9 Å². The number of phosphoric acid groups is 1. The summed E-state index contributed by atoms with van der Waals surface area (Å²) in [5.74, 6) is -0.833. The lowest BCUT2D eigenvalue weighted by Crippen LogP contribution is -2.37. The summed E-state index contributed by atoms with van der Waals surface area (Å²) in [5, 5.41) is 0. The molecule has 10 heteroatoms. The van der Waals surface area contributed by atoms with Gasteiger partial charge in [0.1, 0.15) is 19.8 Å². The number of ether oxygens (including phenoxy) is 2. The van der Waals surface area contributed by atoms with Crippen LogP contribution >= 0.6 is 7.82 Å². The Morgan fingerprint density at radius 3 is 1.04 bits per heavy atom. The molecule has 0 rings (SSSR count). The van der Waals surface area contributed by atoms with Gasteiger partial charge in [-0.2, -0.15) is 0 Å². The molecule has 0 saturated carbocycles. The second kappa shape index (κ2) is 63.2. The van der Waals surface area contributed by atoms with E-state index in [1.165, 1.54) is 154 Å². The average Bonchev–Trinajstić information content (AvgIpc) is 3.48. The summed E-state index contributed by atoms with van der Waals surface area (Å²) in [5.41, 5.74) is 0. The Bertz CT molecular complexity index is 1770. The van der Waals surface area contributed by atoms with E-state index >= 15 is 0 Å². The summed E-state index contributed by atoms with van der Waals surface area (Å²) in [4.78, 5) is 38.0. The van der Waals surface area contributed by atoms with Crippen LogP contribution in [0.15, 0.2) is 109 Å². The highest BCUT2D eigenvalue weighted by Gasteiger charge is 2.22. The molecule has 0 aliphatic carbocycles. The molecule has 0 bridgehead atoms. The van der Waals surface area contributed by atoms with Crippen molar-refractivity contribution >= 4 is 19.8 Å². The molecular formula is C73H128NO8P. The van der Waals surface area contributed by atoms with E-state index < -0.39 is 26.5 Å². The molecule has 2 atom stereocenters. The molecule has 0 fully saturated rings. The van der Waals surface area contributed by atoms with Crippen molar-refractivity contribution in [2.45, 2.75) is 296 Å². The molecule has 9 nitrogen and oxygen atoms in total. The number of allylic oxidation sites excluding steroid dienone is 18. The van der Waals surface area contributed by atoms with Crippen molar-refractivity contribution in [1.29, 1.82) is 0 Å². The second-order valence-electron chi connectivity index (χ2n) is 23.8. The molecule has 0 spiro atoms. The van der Waals surface area contributed by atoms with Crippen molar-refractivity contribution in [1.82, 2.24) is 0 Å². The van der Waals surface area contributed by atoms with Crippen molar-refractivity contribution in [3.05, 3.63) is 109 Å². The van der Waals surface area contributed by atoms with Crippen molar-refractivity contribution in [2.75, 3.05) is 47.5 Å². The van der Waals surface area contributed by atoms with Crippen LogP contribution in [0.2, 0.25) is 0 Å². The molecule has 0 aromatic heterocycles. The molecule has 83 heavy (non-hydrogen) atoms. The van der Waals surface area contributed by atoms with Crippen molar-refractivity contribution in [3.63, 3.8) is 0 Å². The van der Waals surface area contributed by atoms with Crippen LogP contribution < -0.4 is 4.89 Å². The quantitative estimate of drug-likeness (QED) is 0.0195. The van der Waals surface area contributed by atoms with Gasteiger partial charge in [0.15, 0.2) is 6.10 Å². The van der Waals surface area contributed by atoms with Gasteiger partial charge in [-0.1, -0.05) is 284 Å². The van der Waals surface area contributed by atoms with Gasteiger partial charge in [0, 0.05) is 12.8 Å². The van der Waals surface area contributed by atoms with Crippen molar-refractivity contribution in [2.24, 2.45) is 0 Å². The van der Waals surface area contributed by atoms with Gasteiger partial charge in [0.2, 0.25) is 0 Å². The maximum atomic E-state index is 12.8. The number of hydrogen-bond donors (Lipinski definition) is 0. The summed E-state index contributed by atoms with van der Waals surface area (Å²) in [6.45, 7) is 4.14. The Balaban J connectivity index is 4.00. The number of phosphoric ester groups is 1. The van der Waals surface area contributed by atoms with Crippen LogP contribution in [0.3, 0.4) is 0 Å². The summed E-state index contributed by atoms with van der Waals surface area (Å²) < 4.78 is 34.2. The zero-order valence-corrected chi connectivity index (χ0v) is 55.3. The number of esters is 2. The maximum Gasteiger partial charge on any atom is 0.306 e. The smallest absolute Gasteiger partial charge is 0.306 e. The molecule has 0 heterocycles. The Labute approximate surface area is 512 Å². The number of rotatable bonds is 62. The van der Waals surface area contributed by atoms with Gasteiger partial charge in [-0.3, -0.25) is 14.2 Å². The monoisotopic (exact) mass is 1180 g/mol.